The van der Waals surface area contributed by atoms with Gasteiger partial charge in [-0.1, -0.05) is 41.9 Å². The molecule has 0 unspecified atom stereocenters. The van der Waals surface area contributed by atoms with E-state index in [9.17, 15) is 14.0 Å². The highest BCUT2D eigenvalue weighted by molar-refractivity contribution is 14.1. The van der Waals surface area contributed by atoms with Crippen LogP contribution < -0.4 is 9.47 Å². The highest BCUT2D eigenvalue weighted by Crippen LogP contribution is 2.38. The molecular formula is C26H20ClFINO4S. The van der Waals surface area contributed by atoms with Crippen LogP contribution in [-0.2, 0) is 17.9 Å². The number of carbonyl (C=O) groups excluding carboxylic acids is 2. The zero-order valence-corrected chi connectivity index (χ0v) is 22.5. The van der Waals surface area contributed by atoms with Gasteiger partial charge >= 0.3 is 0 Å². The van der Waals surface area contributed by atoms with Crippen molar-refractivity contribution in [2.24, 2.45) is 0 Å². The van der Waals surface area contributed by atoms with Crippen LogP contribution in [0.2, 0.25) is 5.02 Å². The minimum atomic E-state index is -0.454. The van der Waals surface area contributed by atoms with Gasteiger partial charge in [0.15, 0.2) is 11.5 Å². The summed E-state index contributed by atoms with van der Waals surface area (Å²) in [6.45, 7) is 2.10. The molecule has 180 valence electrons. The van der Waals surface area contributed by atoms with Gasteiger partial charge in [0.05, 0.1) is 27.2 Å². The lowest BCUT2D eigenvalue weighted by molar-refractivity contribution is -0.123. The second kappa shape index (κ2) is 11.0. The Balaban J connectivity index is 1.56. The van der Waals surface area contributed by atoms with Crippen molar-refractivity contribution in [3.05, 3.63) is 96.2 Å². The second-order valence-corrected chi connectivity index (χ2v) is 10.3. The van der Waals surface area contributed by atoms with Crippen molar-refractivity contribution >= 4 is 63.2 Å². The number of carbonyl (C=O) groups is 2. The average molecular weight is 624 g/mol. The fraction of sp³-hybridized carbons (Fsp3) is 0.154. The Kier molecular flexibility index (Phi) is 8.03. The number of halogens is 3. The Morgan fingerprint density at radius 1 is 1.14 bits per heavy atom. The van der Waals surface area contributed by atoms with Crippen LogP contribution in [0.4, 0.5) is 9.18 Å². The van der Waals surface area contributed by atoms with Crippen LogP contribution in [-0.4, -0.2) is 23.2 Å². The number of imide groups is 1. The lowest BCUT2D eigenvalue weighted by atomic mass is 10.1. The van der Waals surface area contributed by atoms with E-state index in [1.54, 1.807) is 24.3 Å². The molecule has 35 heavy (non-hydrogen) atoms. The summed E-state index contributed by atoms with van der Waals surface area (Å²) in [5.41, 5.74) is 2.85. The van der Waals surface area contributed by atoms with Gasteiger partial charge in [0, 0.05) is 5.56 Å². The number of ether oxygens (including phenoxy) is 2. The molecular weight excluding hydrogens is 604 g/mol. The quantitative estimate of drug-likeness (QED) is 0.206. The molecule has 5 nitrogen and oxygen atoms in total. The number of thioether (sulfide) groups is 1. The van der Waals surface area contributed by atoms with E-state index < -0.39 is 5.82 Å². The normalized spacial score (nSPS) is 14.7. The number of amides is 2. The van der Waals surface area contributed by atoms with Gasteiger partial charge in [0.25, 0.3) is 11.1 Å². The van der Waals surface area contributed by atoms with Crippen molar-refractivity contribution < 1.29 is 23.5 Å². The molecule has 4 rings (SSSR count). The number of hydrogen-bond donors (Lipinski definition) is 0. The number of rotatable bonds is 7. The Labute approximate surface area is 225 Å². The molecule has 9 heteroatoms. The molecule has 0 bridgehead atoms. The minimum Gasteiger partial charge on any atom is -0.493 e. The van der Waals surface area contributed by atoms with Gasteiger partial charge in [-0.3, -0.25) is 14.5 Å². The maximum atomic E-state index is 14.1. The molecule has 3 aromatic rings. The zero-order valence-electron chi connectivity index (χ0n) is 18.8. The molecule has 0 aromatic heterocycles. The predicted molar refractivity (Wildman–Crippen MR) is 144 cm³/mol. The maximum Gasteiger partial charge on any atom is 0.293 e. The van der Waals surface area contributed by atoms with E-state index in [1.165, 1.54) is 24.1 Å². The fourth-order valence-electron chi connectivity index (χ4n) is 3.52. The predicted octanol–water partition coefficient (Wildman–Crippen LogP) is 7.22. The largest absolute Gasteiger partial charge is 0.493 e. The van der Waals surface area contributed by atoms with E-state index in [4.69, 9.17) is 21.1 Å². The van der Waals surface area contributed by atoms with Crippen LogP contribution >= 0.6 is 46.0 Å². The van der Waals surface area contributed by atoms with E-state index >= 15 is 0 Å². The Bertz CT molecular complexity index is 1330. The lowest BCUT2D eigenvalue weighted by Crippen LogP contribution is -2.27. The smallest absolute Gasteiger partial charge is 0.293 e. The number of benzene rings is 3. The topological polar surface area (TPSA) is 55.8 Å². The zero-order chi connectivity index (χ0) is 25.1. The SMILES string of the molecule is COc1cc(/C=C2\SC(=O)N(Cc3ccccc3C)C2=O)cc(I)c1OCc1c(F)cccc1Cl. The summed E-state index contributed by atoms with van der Waals surface area (Å²) in [7, 11) is 1.49. The number of aryl methyl sites for hydroxylation is 1. The summed E-state index contributed by atoms with van der Waals surface area (Å²) in [5, 5.41) is -0.0371. The van der Waals surface area contributed by atoms with Crippen molar-refractivity contribution in [1.82, 2.24) is 4.90 Å². The van der Waals surface area contributed by atoms with E-state index in [2.05, 4.69) is 22.6 Å². The van der Waals surface area contributed by atoms with Crippen molar-refractivity contribution in [2.45, 2.75) is 20.1 Å². The number of methoxy groups -OCH3 is 1. The van der Waals surface area contributed by atoms with Crippen LogP contribution in [0.5, 0.6) is 11.5 Å². The molecule has 0 aliphatic carbocycles. The van der Waals surface area contributed by atoms with Crippen molar-refractivity contribution in [3.63, 3.8) is 0 Å². The van der Waals surface area contributed by atoms with Crippen LogP contribution in [0.15, 0.2) is 59.5 Å². The third-order valence-electron chi connectivity index (χ3n) is 5.44. The summed E-state index contributed by atoms with van der Waals surface area (Å²) in [6, 6.07) is 15.6. The minimum absolute atomic E-state index is 0.0744. The van der Waals surface area contributed by atoms with Crippen LogP contribution in [0.3, 0.4) is 0 Å². The molecule has 1 aliphatic rings. The first-order chi connectivity index (χ1) is 16.8. The molecule has 3 aromatic carbocycles. The second-order valence-electron chi connectivity index (χ2n) is 7.72. The van der Waals surface area contributed by atoms with Gasteiger partial charge in [-0.2, -0.15) is 0 Å². The standard InChI is InChI=1S/C26H20ClFINO4S/c1-15-6-3-4-7-17(15)13-30-25(31)23(35-26(30)32)12-16-10-21(29)24(22(11-16)33-2)34-14-18-19(27)8-5-9-20(18)28/h3-12H,13-14H2,1-2H3/b23-12-. The van der Waals surface area contributed by atoms with Gasteiger partial charge < -0.3 is 9.47 Å². The van der Waals surface area contributed by atoms with Crippen molar-refractivity contribution in [3.8, 4) is 11.5 Å². The highest BCUT2D eigenvalue weighted by atomic mass is 127. The Hall–Kier alpha value is -2.56. The van der Waals surface area contributed by atoms with Gasteiger partial charge in [-0.15, -0.1) is 0 Å². The van der Waals surface area contributed by atoms with E-state index in [0.717, 1.165) is 22.9 Å². The molecule has 0 saturated carbocycles. The van der Waals surface area contributed by atoms with Crippen LogP contribution in [0.25, 0.3) is 6.08 Å². The monoisotopic (exact) mass is 623 g/mol. The maximum absolute atomic E-state index is 14.1. The van der Waals surface area contributed by atoms with E-state index in [0.29, 0.717) is 25.5 Å². The van der Waals surface area contributed by atoms with Gasteiger partial charge in [0.1, 0.15) is 12.4 Å². The summed E-state index contributed by atoms with van der Waals surface area (Å²) in [5.74, 6) is 0.0447. The molecule has 1 heterocycles. The lowest BCUT2D eigenvalue weighted by Gasteiger charge is -2.15. The Morgan fingerprint density at radius 2 is 1.91 bits per heavy atom. The van der Waals surface area contributed by atoms with Gasteiger partial charge in [-0.05, 0) is 88.3 Å². The third kappa shape index (κ3) is 5.65. The number of hydrogen-bond acceptors (Lipinski definition) is 5. The van der Waals surface area contributed by atoms with Crippen LogP contribution in [0, 0.1) is 16.3 Å². The summed E-state index contributed by atoms with van der Waals surface area (Å²) < 4.78 is 26.1. The Morgan fingerprint density at radius 3 is 2.63 bits per heavy atom. The summed E-state index contributed by atoms with van der Waals surface area (Å²) >= 11 is 9.09. The first kappa shape index (κ1) is 25.5. The first-order valence-corrected chi connectivity index (χ1v) is 12.8. The van der Waals surface area contributed by atoms with Crippen LogP contribution in [0.1, 0.15) is 22.3 Å². The van der Waals surface area contributed by atoms with Gasteiger partial charge in [-0.25, -0.2) is 4.39 Å². The molecule has 2 amide bonds. The first-order valence-electron chi connectivity index (χ1n) is 10.5. The van der Waals surface area contributed by atoms with Crippen molar-refractivity contribution in [2.75, 3.05) is 7.11 Å². The average Bonchev–Trinajstić information content (AvgIpc) is 3.08. The number of nitrogens with zero attached hydrogens (tertiary/aromatic N) is 1. The van der Waals surface area contributed by atoms with E-state index in [-0.39, 0.29) is 34.9 Å². The molecule has 0 N–H and O–H groups in total. The molecule has 1 aliphatic heterocycles. The molecule has 0 spiro atoms. The fourth-order valence-corrected chi connectivity index (χ4v) is 5.36. The third-order valence-corrected chi connectivity index (χ3v) is 7.50. The summed E-state index contributed by atoms with van der Waals surface area (Å²) in [6.07, 6.45) is 1.66. The highest BCUT2D eigenvalue weighted by Gasteiger charge is 2.35. The van der Waals surface area contributed by atoms with E-state index in [1.807, 2.05) is 31.2 Å². The van der Waals surface area contributed by atoms with Gasteiger partial charge in [0.2, 0.25) is 0 Å². The van der Waals surface area contributed by atoms with Crippen molar-refractivity contribution in [1.29, 1.82) is 0 Å². The summed E-state index contributed by atoms with van der Waals surface area (Å²) in [4.78, 5) is 27.1. The molecule has 1 fully saturated rings. The molecule has 1 saturated heterocycles. The molecule has 0 radical (unpaired) electrons. The molecule has 0 atom stereocenters.